The Morgan fingerprint density at radius 3 is 1.59 bits per heavy atom. The van der Waals surface area contributed by atoms with Gasteiger partial charge in [-0.05, 0) is 128 Å². The minimum atomic E-state index is -4.36. The van der Waals surface area contributed by atoms with Crippen LogP contribution in [0.1, 0.15) is 37.4 Å². The zero-order valence-corrected chi connectivity index (χ0v) is 39.3. The molecule has 0 aliphatic rings. The molecule has 2 amide bonds. The quantitative estimate of drug-likeness (QED) is 0.0646. The molecule has 0 aliphatic carbocycles. The molecule has 9 aromatic rings. The highest BCUT2D eigenvalue weighted by molar-refractivity contribution is 7.87. The zero-order valence-electron chi connectivity index (χ0n) is 36.9. The van der Waals surface area contributed by atoms with E-state index in [1.807, 2.05) is 85.3 Å². The van der Waals surface area contributed by atoms with Crippen molar-refractivity contribution in [2.75, 3.05) is 21.3 Å². The number of nitrogens with one attached hydrogen (secondary N) is 4. The number of carbonyl (C=O) groups excluding carboxylic acids is 2. The molecule has 346 valence electrons. The van der Waals surface area contributed by atoms with Crippen molar-refractivity contribution in [1.82, 2.24) is 19.9 Å². The molecule has 4 aromatic heterocycles. The number of pyridine rings is 2. The fourth-order valence-electron chi connectivity index (χ4n) is 6.53. The number of hydrogen-bond acceptors (Lipinski definition) is 14. The van der Waals surface area contributed by atoms with E-state index in [1.165, 1.54) is 59.1 Å². The molecule has 5 aromatic carbocycles. The second-order valence-electron chi connectivity index (χ2n) is 15.2. The van der Waals surface area contributed by atoms with E-state index in [1.54, 1.807) is 49.1 Å². The second kappa shape index (κ2) is 21.6. The van der Waals surface area contributed by atoms with Crippen LogP contribution in [0.25, 0.3) is 22.5 Å². The molecule has 69 heavy (non-hydrogen) atoms. The highest BCUT2D eigenvalue weighted by Crippen LogP contribution is 2.32. The van der Waals surface area contributed by atoms with E-state index in [9.17, 15) is 22.4 Å². The van der Waals surface area contributed by atoms with E-state index in [0.717, 1.165) is 67.8 Å². The fraction of sp³-hybridized carbons (Fsp3) is 0.0588. The molecular weight excluding hydrogens is 934 g/mol. The number of benzene rings is 5. The molecule has 0 bridgehead atoms. The van der Waals surface area contributed by atoms with Gasteiger partial charge in [0.1, 0.15) is 16.5 Å². The van der Waals surface area contributed by atoms with Crippen LogP contribution in [0.5, 0.6) is 5.75 Å². The first-order valence-electron chi connectivity index (χ1n) is 21.1. The Morgan fingerprint density at radius 2 is 1.13 bits per heavy atom. The summed E-state index contributed by atoms with van der Waals surface area (Å²) in [4.78, 5) is 42.3. The lowest BCUT2D eigenvalue weighted by Crippen LogP contribution is -2.13. The van der Waals surface area contributed by atoms with Crippen LogP contribution in [-0.4, -0.2) is 40.2 Å². The number of thiazole rings is 2. The normalized spacial score (nSPS) is 10.9. The molecule has 0 saturated carbocycles. The van der Waals surface area contributed by atoms with Crippen molar-refractivity contribution in [3.8, 4) is 28.3 Å². The molecule has 9 rings (SSSR count). The van der Waals surface area contributed by atoms with E-state index in [4.69, 9.17) is 9.92 Å². The number of amides is 2. The van der Waals surface area contributed by atoms with Gasteiger partial charge in [0.25, 0.3) is 11.8 Å². The molecule has 18 heteroatoms. The Kier molecular flexibility index (Phi) is 14.8. The Hall–Kier alpha value is -8.16. The number of nitrogens with two attached hydrogens (primary N) is 1. The van der Waals surface area contributed by atoms with Crippen LogP contribution < -0.4 is 31.2 Å². The van der Waals surface area contributed by atoms with Crippen LogP contribution in [0, 0.1) is 19.7 Å². The highest BCUT2D eigenvalue weighted by atomic mass is 32.2. The summed E-state index contributed by atoms with van der Waals surface area (Å²) < 4.78 is 43.7. The number of rotatable bonds is 14. The largest absolute Gasteiger partial charge is 0.379 e. The molecule has 0 unspecified atom stereocenters. The topological polar surface area (TPSA) is 203 Å². The summed E-state index contributed by atoms with van der Waals surface area (Å²) >= 11 is 2.98. The van der Waals surface area contributed by atoms with E-state index < -0.39 is 26.7 Å². The summed E-state index contributed by atoms with van der Waals surface area (Å²) in [5.74, 6) is -1.53. The van der Waals surface area contributed by atoms with Gasteiger partial charge in [-0.2, -0.15) is 8.42 Å². The van der Waals surface area contributed by atoms with Crippen LogP contribution in [0.3, 0.4) is 0 Å². The molecule has 4 heterocycles. The fourth-order valence-corrected chi connectivity index (χ4v) is 9.01. The Bertz CT molecular complexity index is 3340. The third-order valence-electron chi connectivity index (χ3n) is 10.3. The Morgan fingerprint density at radius 1 is 0.638 bits per heavy atom. The standard InChI is InChI=1S/C28H21FN4O4S2.C23H21N5OS/c1-18-8-11-21(15-24(18)32-28-33-25(17-38-28)20-5-4-14-30-16-20)31-27(34)19-9-12-22(13-10-19)37-39(35,36)26-7-3-2-6-23(26)29;1-15-4-9-19(26-22(29)17-7-5-16(12-24)6-8-17)11-20(15)27-23-28-21(14-30-23)18-3-2-10-25-13-18/h2-17H,1H3,(H,31,34)(H,32,33);2-11,13-14H,12,24H2,1H3,(H,26,29)(H,27,28). The summed E-state index contributed by atoms with van der Waals surface area (Å²) in [6, 6.07) is 36.6. The average Bonchev–Trinajstić information content (AvgIpc) is 4.05. The predicted octanol–water partition coefficient (Wildman–Crippen LogP) is 11.4. The van der Waals surface area contributed by atoms with Gasteiger partial charge in [0.05, 0.1) is 11.4 Å². The van der Waals surface area contributed by atoms with E-state index in [0.29, 0.717) is 28.6 Å². The van der Waals surface area contributed by atoms with Gasteiger partial charge in [-0.1, -0.05) is 36.4 Å². The van der Waals surface area contributed by atoms with Gasteiger partial charge < -0.3 is 31.2 Å². The molecule has 0 fully saturated rings. The van der Waals surface area contributed by atoms with Crippen molar-refractivity contribution >= 4 is 77.6 Å². The van der Waals surface area contributed by atoms with Crippen LogP contribution >= 0.6 is 22.7 Å². The van der Waals surface area contributed by atoms with Gasteiger partial charge >= 0.3 is 10.1 Å². The van der Waals surface area contributed by atoms with Crippen molar-refractivity contribution in [2.24, 2.45) is 5.73 Å². The zero-order chi connectivity index (χ0) is 48.3. The summed E-state index contributed by atoms with van der Waals surface area (Å²) in [5, 5.41) is 17.8. The van der Waals surface area contributed by atoms with Crippen LogP contribution in [0.4, 0.5) is 37.4 Å². The first-order valence-corrected chi connectivity index (χ1v) is 24.3. The van der Waals surface area contributed by atoms with Gasteiger partial charge in [0, 0.05) is 87.1 Å². The number of halogens is 1. The lowest BCUT2D eigenvalue weighted by molar-refractivity contribution is 0.101. The SMILES string of the molecule is Cc1ccc(NC(=O)c2ccc(CN)cc2)cc1Nc1nc(-c2cccnc2)cs1.Cc1ccc(NC(=O)c2ccc(OS(=O)(=O)c3ccccc3F)cc2)cc1Nc1nc(-c2cccnc2)cs1. The van der Waals surface area contributed by atoms with Crippen molar-refractivity contribution in [3.63, 3.8) is 0 Å². The maximum Gasteiger partial charge on any atom is 0.342 e. The molecular formula is C51H42FN9O5S3. The number of aromatic nitrogens is 4. The van der Waals surface area contributed by atoms with Crippen molar-refractivity contribution in [1.29, 1.82) is 0 Å². The van der Waals surface area contributed by atoms with Crippen LogP contribution in [-0.2, 0) is 16.7 Å². The van der Waals surface area contributed by atoms with Gasteiger partial charge in [-0.15, -0.1) is 22.7 Å². The minimum absolute atomic E-state index is 0.0503. The van der Waals surface area contributed by atoms with Crippen LogP contribution in [0.2, 0.25) is 0 Å². The minimum Gasteiger partial charge on any atom is -0.379 e. The van der Waals surface area contributed by atoms with E-state index >= 15 is 0 Å². The molecule has 0 spiro atoms. The Balaban J connectivity index is 0.000000192. The third-order valence-corrected chi connectivity index (χ3v) is 13.1. The lowest BCUT2D eigenvalue weighted by atomic mass is 10.1. The smallest absolute Gasteiger partial charge is 0.342 e. The highest BCUT2D eigenvalue weighted by Gasteiger charge is 2.21. The van der Waals surface area contributed by atoms with Crippen molar-refractivity contribution in [3.05, 3.63) is 203 Å². The first kappa shape index (κ1) is 47.3. The average molecular weight is 976 g/mol. The molecule has 0 saturated heterocycles. The van der Waals surface area contributed by atoms with Gasteiger partial charge in [0.15, 0.2) is 10.3 Å². The van der Waals surface area contributed by atoms with Gasteiger partial charge in [0.2, 0.25) is 0 Å². The first-order chi connectivity index (χ1) is 33.4. The molecule has 0 radical (unpaired) electrons. The van der Waals surface area contributed by atoms with Gasteiger partial charge in [-0.3, -0.25) is 19.6 Å². The molecule has 0 atom stereocenters. The third kappa shape index (κ3) is 12.2. The van der Waals surface area contributed by atoms with E-state index in [-0.39, 0.29) is 17.2 Å². The maximum absolute atomic E-state index is 13.9. The van der Waals surface area contributed by atoms with E-state index in [2.05, 4.69) is 41.2 Å². The number of carbonyl (C=O) groups is 2. The van der Waals surface area contributed by atoms with Gasteiger partial charge in [-0.25, -0.2) is 14.4 Å². The molecule has 6 N–H and O–H groups in total. The summed E-state index contributed by atoms with van der Waals surface area (Å²) in [6.45, 7) is 4.40. The Labute approximate surface area is 405 Å². The molecule has 0 aliphatic heterocycles. The number of anilines is 6. The number of hydrogen-bond donors (Lipinski definition) is 5. The second-order valence-corrected chi connectivity index (χ2v) is 18.4. The van der Waals surface area contributed by atoms with Crippen molar-refractivity contribution < 1.29 is 26.6 Å². The van der Waals surface area contributed by atoms with Crippen LogP contribution in [0.15, 0.2) is 174 Å². The number of aryl methyl sites for hydroxylation is 2. The predicted molar refractivity (Wildman–Crippen MR) is 271 cm³/mol. The summed E-state index contributed by atoms with van der Waals surface area (Å²) in [5.41, 5.74) is 16.0. The number of nitrogens with zero attached hydrogens (tertiary/aromatic N) is 4. The summed E-state index contributed by atoms with van der Waals surface area (Å²) in [6.07, 6.45) is 6.99. The maximum atomic E-state index is 13.9. The molecule has 14 nitrogen and oxygen atoms in total. The summed E-state index contributed by atoms with van der Waals surface area (Å²) in [7, 11) is -4.36. The van der Waals surface area contributed by atoms with Crippen molar-refractivity contribution in [2.45, 2.75) is 25.3 Å². The lowest BCUT2D eigenvalue weighted by Gasteiger charge is -2.11. The monoisotopic (exact) mass is 975 g/mol.